The third-order valence-corrected chi connectivity index (χ3v) is 4.57. The van der Waals surface area contributed by atoms with Crippen LogP contribution in [0.25, 0.3) is 11.3 Å². The highest BCUT2D eigenvalue weighted by molar-refractivity contribution is 7.14. The van der Waals surface area contributed by atoms with Gasteiger partial charge in [0.25, 0.3) is 0 Å². The average molecular weight is 286 g/mol. The molecule has 0 bridgehead atoms. The van der Waals surface area contributed by atoms with E-state index in [1.807, 2.05) is 6.07 Å². The lowest BCUT2D eigenvalue weighted by atomic mass is 10.2. The Kier molecular flexibility index (Phi) is 3.62. The zero-order valence-corrected chi connectivity index (χ0v) is 12.2. The first kappa shape index (κ1) is 12.4. The van der Waals surface area contributed by atoms with Gasteiger partial charge in [0.1, 0.15) is 0 Å². The summed E-state index contributed by atoms with van der Waals surface area (Å²) in [7, 11) is 0. The molecule has 4 heteroatoms. The van der Waals surface area contributed by atoms with Crippen molar-refractivity contribution in [1.82, 2.24) is 4.98 Å². The first-order chi connectivity index (χ1) is 9.33. The van der Waals surface area contributed by atoms with Crippen molar-refractivity contribution in [3.63, 3.8) is 0 Å². The molecule has 96 valence electrons. The van der Waals surface area contributed by atoms with E-state index in [4.69, 9.17) is 0 Å². The van der Waals surface area contributed by atoms with Crippen LogP contribution in [0.3, 0.4) is 0 Å². The highest BCUT2D eigenvalue weighted by atomic mass is 32.1. The van der Waals surface area contributed by atoms with Crippen LogP contribution in [-0.4, -0.2) is 4.98 Å². The lowest BCUT2D eigenvalue weighted by Gasteiger charge is -2.02. The summed E-state index contributed by atoms with van der Waals surface area (Å²) in [5.74, 6) is 0. The molecule has 19 heavy (non-hydrogen) atoms. The second kappa shape index (κ2) is 5.55. The second-order valence-electron chi connectivity index (χ2n) is 4.27. The Balaban J connectivity index is 1.71. The van der Waals surface area contributed by atoms with E-state index in [2.05, 4.69) is 58.3 Å². The van der Waals surface area contributed by atoms with Gasteiger partial charge in [0.2, 0.25) is 0 Å². The third-order valence-electron chi connectivity index (χ3n) is 2.93. The van der Waals surface area contributed by atoms with Gasteiger partial charge in [0, 0.05) is 22.4 Å². The van der Waals surface area contributed by atoms with E-state index in [0.717, 1.165) is 17.4 Å². The van der Waals surface area contributed by atoms with Crippen LogP contribution < -0.4 is 5.32 Å². The monoisotopic (exact) mass is 286 g/mol. The van der Waals surface area contributed by atoms with Gasteiger partial charge in [0.15, 0.2) is 5.13 Å². The molecule has 2 heterocycles. The van der Waals surface area contributed by atoms with Crippen molar-refractivity contribution >= 4 is 27.8 Å². The zero-order chi connectivity index (χ0) is 13.1. The van der Waals surface area contributed by atoms with Gasteiger partial charge in [0.05, 0.1) is 5.69 Å². The number of rotatable bonds is 4. The smallest absolute Gasteiger partial charge is 0.183 e. The minimum Gasteiger partial charge on any atom is -0.357 e. The van der Waals surface area contributed by atoms with Gasteiger partial charge in [-0.25, -0.2) is 4.98 Å². The van der Waals surface area contributed by atoms with Crippen LogP contribution in [-0.2, 0) is 6.54 Å². The molecular formula is C15H14N2S2. The van der Waals surface area contributed by atoms with Gasteiger partial charge in [-0.05, 0) is 23.9 Å². The molecule has 0 aliphatic heterocycles. The summed E-state index contributed by atoms with van der Waals surface area (Å²) >= 11 is 3.42. The van der Waals surface area contributed by atoms with E-state index >= 15 is 0 Å². The SMILES string of the molecule is Cc1sccc1-c1csc(NCc2ccccc2)n1. The maximum atomic E-state index is 4.64. The van der Waals surface area contributed by atoms with Gasteiger partial charge >= 0.3 is 0 Å². The number of aromatic nitrogens is 1. The van der Waals surface area contributed by atoms with Gasteiger partial charge in [-0.1, -0.05) is 30.3 Å². The van der Waals surface area contributed by atoms with Crippen LogP contribution in [0, 0.1) is 6.92 Å². The molecular weight excluding hydrogens is 272 g/mol. The second-order valence-corrected chi connectivity index (χ2v) is 6.25. The number of nitrogens with zero attached hydrogens (tertiary/aromatic N) is 1. The van der Waals surface area contributed by atoms with Crippen LogP contribution in [0.1, 0.15) is 10.4 Å². The average Bonchev–Trinajstić information content (AvgIpc) is 3.06. The summed E-state index contributed by atoms with van der Waals surface area (Å²) in [6.07, 6.45) is 0. The maximum absolute atomic E-state index is 4.64. The molecule has 0 atom stereocenters. The summed E-state index contributed by atoms with van der Waals surface area (Å²) in [6.45, 7) is 2.95. The van der Waals surface area contributed by atoms with E-state index in [-0.39, 0.29) is 0 Å². The molecule has 3 rings (SSSR count). The standard InChI is InChI=1S/C15H14N2S2/c1-11-13(7-8-18-11)14-10-19-15(17-14)16-9-12-5-3-2-4-6-12/h2-8,10H,9H2,1H3,(H,16,17). The molecule has 0 amide bonds. The van der Waals surface area contributed by atoms with Gasteiger partial charge in [-0.3, -0.25) is 0 Å². The van der Waals surface area contributed by atoms with E-state index in [9.17, 15) is 0 Å². The summed E-state index contributed by atoms with van der Waals surface area (Å²) in [6, 6.07) is 12.5. The first-order valence-corrected chi connectivity index (χ1v) is 7.86. The molecule has 1 N–H and O–H groups in total. The Labute approximate surface area is 120 Å². The Morgan fingerprint density at radius 3 is 2.68 bits per heavy atom. The van der Waals surface area contributed by atoms with Gasteiger partial charge < -0.3 is 5.32 Å². The molecule has 2 nitrogen and oxygen atoms in total. The molecule has 0 spiro atoms. The number of anilines is 1. The fourth-order valence-electron chi connectivity index (χ4n) is 1.90. The fraction of sp³-hybridized carbons (Fsp3) is 0.133. The number of nitrogens with one attached hydrogen (secondary N) is 1. The van der Waals surface area contributed by atoms with Crippen LogP contribution >= 0.6 is 22.7 Å². The summed E-state index contributed by atoms with van der Waals surface area (Å²) in [5, 5.41) is 8.58. The number of hydrogen-bond acceptors (Lipinski definition) is 4. The third kappa shape index (κ3) is 2.85. The van der Waals surface area contributed by atoms with Crippen molar-refractivity contribution in [2.45, 2.75) is 13.5 Å². The largest absolute Gasteiger partial charge is 0.357 e. The first-order valence-electron chi connectivity index (χ1n) is 6.11. The number of thiophene rings is 1. The van der Waals surface area contributed by atoms with Crippen LogP contribution in [0.15, 0.2) is 47.2 Å². The summed E-state index contributed by atoms with van der Waals surface area (Å²) < 4.78 is 0. The molecule has 0 fully saturated rings. The molecule has 0 aliphatic rings. The molecule has 0 radical (unpaired) electrons. The molecule has 2 aromatic heterocycles. The molecule has 3 aromatic rings. The lowest BCUT2D eigenvalue weighted by molar-refractivity contribution is 1.14. The Morgan fingerprint density at radius 2 is 1.95 bits per heavy atom. The normalized spacial score (nSPS) is 10.6. The van der Waals surface area contributed by atoms with E-state index < -0.39 is 0 Å². The molecule has 1 aromatic carbocycles. The highest BCUT2D eigenvalue weighted by Crippen LogP contribution is 2.30. The van der Waals surface area contributed by atoms with E-state index in [1.165, 1.54) is 16.0 Å². The lowest BCUT2D eigenvalue weighted by Crippen LogP contribution is -1.98. The summed E-state index contributed by atoms with van der Waals surface area (Å²) in [4.78, 5) is 5.96. The molecule has 0 saturated carbocycles. The van der Waals surface area contributed by atoms with Gasteiger partial charge in [-0.2, -0.15) is 0 Å². The number of aryl methyl sites for hydroxylation is 1. The van der Waals surface area contributed by atoms with Crippen molar-refractivity contribution in [3.05, 3.63) is 57.6 Å². The topological polar surface area (TPSA) is 24.9 Å². The van der Waals surface area contributed by atoms with Crippen molar-refractivity contribution in [1.29, 1.82) is 0 Å². The van der Waals surface area contributed by atoms with Crippen LogP contribution in [0.4, 0.5) is 5.13 Å². The highest BCUT2D eigenvalue weighted by Gasteiger charge is 2.07. The predicted molar refractivity (Wildman–Crippen MR) is 83.9 cm³/mol. The van der Waals surface area contributed by atoms with Gasteiger partial charge in [-0.15, -0.1) is 22.7 Å². The number of thiazole rings is 1. The van der Waals surface area contributed by atoms with Crippen molar-refractivity contribution in [2.24, 2.45) is 0 Å². The molecule has 0 saturated heterocycles. The van der Waals surface area contributed by atoms with E-state index in [1.54, 1.807) is 22.7 Å². The Hall–Kier alpha value is -1.65. The Morgan fingerprint density at radius 1 is 1.11 bits per heavy atom. The maximum Gasteiger partial charge on any atom is 0.183 e. The minimum absolute atomic E-state index is 0.816. The number of hydrogen-bond donors (Lipinski definition) is 1. The summed E-state index contributed by atoms with van der Waals surface area (Å²) in [5.41, 5.74) is 3.58. The van der Waals surface area contributed by atoms with Crippen LogP contribution in [0.5, 0.6) is 0 Å². The molecule has 0 aliphatic carbocycles. The minimum atomic E-state index is 0.816. The van der Waals surface area contributed by atoms with Crippen molar-refractivity contribution in [2.75, 3.05) is 5.32 Å². The zero-order valence-electron chi connectivity index (χ0n) is 10.6. The predicted octanol–water partition coefficient (Wildman–Crippen LogP) is 4.79. The van der Waals surface area contributed by atoms with E-state index in [0.29, 0.717) is 0 Å². The van der Waals surface area contributed by atoms with Crippen molar-refractivity contribution in [3.8, 4) is 11.3 Å². The Bertz CT molecular complexity index is 656. The van der Waals surface area contributed by atoms with Crippen LogP contribution in [0.2, 0.25) is 0 Å². The molecule has 0 unspecified atom stereocenters. The van der Waals surface area contributed by atoms with Crippen molar-refractivity contribution < 1.29 is 0 Å². The quantitative estimate of drug-likeness (QED) is 0.745. The fourth-order valence-corrected chi connectivity index (χ4v) is 3.32. The number of benzene rings is 1.